The van der Waals surface area contributed by atoms with Gasteiger partial charge in [-0.25, -0.2) is 18.4 Å². The lowest BCUT2D eigenvalue weighted by molar-refractivity contribution is -0.114. The molecule has 0 radical (unpaired) electrons. The lowest BCUT2D eigenvalue weighted by Crippen LogP contribution is -2.08. The minimum absolute atomic E-state index is 0.123. The van der Waals surface area contributed by atoms with Gasteiger partial charge in [0, 0.05) is 13.8 Å². The van der Waals surface area contributed by atoms with E-state index in [2.05, 4.69) is 20.4 Å². The summed E-state index contributed by atoms with van der Waals surface area (Å²) in [6.07, 6.45) is 2.12. The number of carbonyl (C=O) groups excluding carboxylic acids is 2. The van der Waals surface area contributed by atoms with Crippen LogP contribution in [0.4, 0.5) is 5.13 Å². The van der Waals surface area contributed by atoms with Crippen molar-refractivity contribution < 1.29 is 18.0 Å². The van der Waals surface area contributed by atoms with Crippen LogP contribution < -0.4 is 5.32 Å². The maximum Gasteiger partial charge on any atom is 0.273 e. The molecule has 0 saturated heterocycles. The van der Waals surface area contributed by atoms with Crippen molar-refractivity contribution in [2.45, 2.75) is 23.2 Å². The third kappa shape index (κ3) is 2.72. The minimum atomic E-state index is -3.96. The fraction of sp³-hybridized carbons (Fsp3) is 0.222. The average molecular weight is 315 g/mol. The van der Waals surface area contributed by atoms with E-state index < -0.39 is 20.9 Å². The Hall–Kier alpha value is -2.14. The summed E-state index contributed by atoms with van der Waals surface area (Å²) in [6, 6.07) is 0. The zero-order valence-electron chi connectivity index (χ0n) is 10.4. The van der Waals surface area contributed by atoms with E-state index >= 15 is 0 Å². The van der Waals surface area contributed by atoms with Gasteiger partial charge >= 0.3 is 0 Å². The third-order valence-electron chi connectivity index (χ3n) is 2.07. The summed E-state index contributed by atoms with van der Waals surface area (Å²) in [5.41, 5.74) is 0. The molecule has 0 bridgehead atoms. The van der Waals surface area contributed by atoms with Crippen LogP contribution in [0.2, 0.25) is 0 Å². The van der Waals surface area contributed by atoms with Crippen LogP contribution in [0.15, 0.2) is 21.9 Å². The molecular formula is C9H9N5O4S2. The van der Waals surface area contributed by atoms with Gasteiger partial charge < -0.3 is 5.32 Å². The second-order valence-corrected chi connectivity index (χ2v) is 6.76. The van der Waals surface area contributed by atoms with Gasteiger partial charge in [0.1, 0.15) is 10.5 Å². The molecule has 106 valence electrons. The summed E-state index contributed by atoms with van der Waals surface area (Å²) in [4.78, 5) is 29.3. The fourth-order valence-electron chi connectivity index (χ4n) is 1.20. The van der Waals surface area contributed by atoms with Gasteiger partial charge in [-0.05, 0) is 0 Å². The van der Waals surface area contributed by atoms with Gasteiger partial charge in [0.25, 0.3) is 15.0 Å². The number of thiazole rings is 1. The van der Waals surface area contributed by atoms with Crippen LogP contribution in [0.5, 0.6) is 0 Å². The van der Waals surface area contributed by atoms with Gasteiger partial charge in [-0.15, -0.1) is 5.10 Å². The Morgan fingerprint density at radius 2 is 2.00 bits per heavy atom. The molecule has 0 aliphatic rings. The molecule has 0 atom stereocenters. The highest BCUT2D eigenvalue weighted by molar-refractivity contribution is 7.93. The van der Waals surface area contributed by atoms with E-state index in [1.165, 1.54) is 13.8 Å². The second-order valence-electron chi connectivity index (χ2n) is 3.66. The first-order chi connectivity index (χ1) is 9.30. The zero-order chi connectivity index (χ0) is 14.9. The molecule has 0 aliphatic carbocycles. The van der Waals surface area contributed by atoms with Crippen LogP contribution in [0, 0.1) is 0 Å². The van der Waals surface area contributed by atoms with E-state index in [1.54, 1.807) is 0 Å². The van der Waals surface area contributed by atoms with Crippen molar-refractivity contribution in [3.8, 4) is 0 Å². The van der Waals surface area contributed by atoms with E-state index in [1.807, 2.05) is 0 Å². The van der Waals surface area contributed by atoms with Gasteiger partial charge in [0.2, 0.25) is 11.8 Å². The Morgan fingerprint density at radius 3 is 2.55 bits per heavy atom. The monoisotopic (exact) mass is 315 g/mol. The van der Waals surface area contributed by atoms with Crippen molar-refractivity contribution in [3.63, 3.8) is 0 Å². The SMILES string of the molecule is CC(=O)Nc1ncc(S(=O)(=O)c2ncn(C(C)=O)n2)s1. The molecule has 2 rings (SSSR count). The molecule has 0 spiro atoms. The molecule has 20 heavy (non-hydrogen) atoms. The largest absolute Gasteiger partial charge is 0.302 e. The lowest BCUT2D eigenvalue weighted by atomic mass is 10.7. The molecule has 2 aromatic rings. The Labute approximate surface area is 117 Å². The van der Waals surface area contributed by atoms with Crippen LogP contribution in [-0.2, 0) is 14.6 Å². The van der Waals surface area contributed by atoms with Crippen molar-refractivity contribution in [1.29, 1.82) is 0 Å². The van der Waals surface area contributed by atoms with E-state index in [4.69, 9.17) is 0 Å². The first-order valence-corrected chi connectivity index (χ1v) is 7.52. The summed E-state index contributed by atoms with van der Waals surface area (Å²) in [5, 5.41) is 5.62. The summed E-state index contributed by atoms with van der Waals surface area (Å²) < 4.78 is 25.1. The summed E-state index contributed by atoms with van der Waals surface area (Å²) in [7, 11) is -3.96. The van der Waals surface area contributed by atoms with E-state index in [9.17, 15) is 18.0 Å². The van der Waals surface area contributed by atoms with Crippen LogP contribution in [0.1, 0.15) is 18.6 Å². The molecule has 0 aromatic carbocycles. The number of nitrogens with one attached hydrogen (secondary N) is 1. The Bertz CT molecular complexity index is 776. The summed E-state index contributed by atoms with van der Waals surface area (Å²) in [5.74, 6) is -0.815. The molecule has 11 heteroatoms. The van der Waals surface area contributed by atoms with Crippen molar-refractivity contribution in [1.82, 2.24) is 19.7 Å². The Morgan fingerprint density at radius 1 is 1.30 bits per heavy atom. The van der Waals surface area contributed by atoms with E-state index in [0.717, 1.165) is 28.5 Å². The smallest absolute Gasteiger partial charge is 0.273 e. The highest BCUT2D eigenvalue weighted by Gasteiger charge is 2.26. The van der Waals surface area contributed by atoms with Crippen molar-refractivity contribution in [2.75, 3.05) is 5.32 Å². The molecule has 1 amide bonds. The van der Waals surface area contributed by atoms with Gasteiger partial charge in [-0.2, -0.15) is 4.68 Å². The third-order valence-corrected chi connectivity index (χ3v) is 4.98. The normalized spacial score (nSPS) is 11.3. The maximum atomic E-state index is 12.2. The van der Waals surface area contributed by atoms with E-state index in [-0.39, 0.29) is 15.2 Å². The quantitative estimate of drug-likeness (QED) is 0.857. The number of sulfone groups is 1. The number of amides is 1. The topological polar surface area (TPSA) is 124 Å². The van der Waals surface area contributed by atoms with Crippen molar-refractivity contribution in [2.24, 2.45) is 0 Å². The minimum Gasteiger partial charge on any atom is -0.302 e. The number of carbonyl (C=O) groups is 2. The van der Waals surface area contributed by atoms with Crippen LogP contribution in [0.3, 0.4) is 0 Å². The molecule has 2 aromatic heterocycles. The molecule has 0 saturated carbocycles. The van der Waals surface area contributed by atoms with Crippen LogP contribution in [-0.4, -0.2) is 40.0 Å². The van der Waals surface area contributed by atoms with E-state index in [0.29, 0.717) is 0 Å². The standard InChI is InChI=1S/C9H9N5O4S2/c1-5(15)12-8-10-3-7(19-8)20(17,18)9-11-4-14(13-9)6(2)16/h3-4H,1-2H3,(H,10,12,15). The number of hydrogen-bond acceptors (Lipinski definition) is 8. The highest BCUT2D eigenvalue weighted by atomic mass is 32.2. The molecule has 0 unspecified atom stereocenters. The predicted octanol–water partition coefficient (Wildman–Crippen LogP) is 0.186. The molecular weight excluding hydrogens is 306 g/mol. The van der Waals surface area contributed by atoms with Crippen LogP contribution in [0.25, 0.3) is 0 Å². The van der Waals surface area contributed by atoms with Crippen molar-refractivity contribution >= 4 is 38.1 Å². The maximum absolute atomic E-state index is 12.2. The molecule has 0 aliphatic heterocycles. The number of aromatic nitrogens is 4. The van der Waals surface area contributed by atoms with Gasteiger partial charge in [-0.3, -0.25) is 9.59 Å². The second kappa shape index (κ2) is 5.09. The summed E-state index contributed by atoms with van der Waals surface area (Å²) in [6.45, 7) is 2.51. The lowest BCUT2D eigenvalue weighted by Gasteiger charge is -1.95. The Kier molecular flexibility index (Phi) is 3.63. The number of hydrogen-bond donors (Lipinski definition) is 1. The Balaban J connectivity index is 2.36. The average Bonchev–Trinajstić information content (AvgIpc) is 2.95. The summed E-state index contributed by atoms with van der Waals surface area (Å²) >= 11 is 0.775. The van der Waals surface area contributed by atoms with Crippen molar-refractivity contribution in [3.05, 3.63) is 12.5 Å². The molecule has 2 heterocycles. The van der Waals surface area contributed by atoms with Gasteiger partial charge in [-0.1, -0.05) is 11.3 Å². The fourth-order valence-corrected chi connectivity index (χ4v) is 3.45. The molecule has 1 N–H and O–H groups in total. The first-order valence-electron chi connectivity index (χ1n) is 5.22. The number of rotatable bonds is 3. The van der Waals surface area contributed by atoms with Crippen LogP contribution >= 0.6 is 11.3 Å². The zero-order valence-corrected chi connectivity index (χ0v) is 12.0. The first kappa shape index (κ1) is 14.3. The molecule has 9 nitrogen and oxygen atoms in total. The highest BCUT2D eigenvalue weighted by Crippen LogP contribution is 2.26. The van der Waals surface area contributed by atoms with Gasteiger partial charge in [0.15, 0.2) is 5.13 Å². The number of nitrogens with zero attached hydrogens (tertiary/aromatic N) is 4. The van der Waals surface area contributed by atoms with Gasteiger partial charge in [0.05, 0.1) is 6.20 Å². The number of anilines is 1. The molecule has 0 fully saturated rings. The predicted molar refractivity (Wildman–Crippen MR) is 68.2 cm³/mol.